The second-order valence-corrected chi connectivity index (χ2v) is 6.69. The van der Waals surface area contributed by atoms with E-state index in [0.717, 1.165) is 28.0 Å². The van der Waals surface area contributed by atoms with Gasteiger partial charge in [0.2, 0.25) is 0 Å². The Hall–Kier alpha value is 0.200. The van der Waals surface area contributed by atoms with Crippen LogP contribution in [0.5, 0.6) is 0 Å². The smallest absolute Gasteiger partial charge is 0.0451 e. The molecule has 19 heavy (non-hydrogen) atoms. The molecule has 0 aromatic heterocycles. The van der Waals surface area contributed by atoms with Gasteiger partial charge < -0.3 is 5.32 Å². The minimum Gasteiger partial charge on any atom is -0.314 e. The summed E-state index contributed by atoms with van der Waals surface area (Å²) in [6, 6.07) is 6.88. The van der Waals surface area contributed by atoms with E-state index in [0.29, 0.717) is 0 Å². The molecule has 0 aliphatic carbocycles. The van der Waals surface area contributed by atoms with E-state index in [9.17, 15) is 0 Å². The zero-order valence-corrected chi connectivity index (χ0v) is 13.9. The van der Waals surface area contributed by atoms with Gasteiger partial charge in [0.05, 0.1) is 0 Å². The summed E-state index contributed by atoms with van der Waals surface area (Å²) >= 11 is 9.79. The van der Waals surface area contributed by atoms with Crippen LogP contribution in [0.25, 0.3) is 0 Å². The molecule has 2 heterocycles. The molecule has 2 nitrogen and oxygen atoms in total. The SMILES string of the molecule is Cl.Clc1ccc(Br)cc1CN1CCC2NCCC2C1. The van der Waals surface area contributed by atoms with Crippen molar-refractivity contribution in [1.29, 1.82) is 0 Å². The van der Waals surface area contributed by atoms with Gasteiger partial charge in [0.15, 0.2) is 0 Å². The number of nitrogens with zero attached hydrogens (tertiary/aromatic N) is 1. The Morgan fingerprint density at radius 1 is 1.37 bits per heavy atom. The molecule has 0 amide bonds. The second-order valence-electron chi connectivity index (χ2n) is 5.37. The van der Waals surface area contributed by atoms with Crippen LogP contribution in [0.4, 0.5) is 0 Å². The van der Waals surface area contributed by atoms with Crippen LogP contribution in [0.15, 0.2) is 22.7 Å². The van der Waals surface area contributed by atoms with E-state index in [1.807, 2.05) is 12.1 Å². The van der Waals surface area contributed by atoms with Crippen molar-refractivity contribution in [2.24, 2.45) is 5.92 Å². The third-order valence-corrected chi connectivity index (χ3v) is 5.00. The van der Waals surface area contributed by atoms with Gasteiger partial charge in [-0.2, -0.15) is 0 Å². The highest BCUT2D eigenvalue weighted by Gasteiger charge is 2.32. The maximum absolute atomic E-state index is 6.27. The number of hydrogen-bond acceptors (Lipinski definition) is 2. The van der Waals surface area contributed by atoms with E-state index < -0.39 is 0 Å². The minimum atomic E-state index is 0. The van der Waals surface area contributed by atoms with Crippen LogP contribution in [0.2, 0.25) is 5.02 Å². The first-order valence-corrected chi connectivity index (χ1v) is 7.79. The molecular formula is C14H19BrCl2N2. The Labute approximate surface area is 134 Å². The summed E-state index contributed by atoms with van der Waals surface area (Å²) in [7, 11) is 0. The zero-order valence-electron chi connectivity index (χ0n) is 10.7. The number of likely N-dealkylation sites (tertiary alicyclic amines) is 1. The number of fused-ring (bicyclic) bond motifs is 1. The van der Waals surface area contributed by atoms with Gasteiger partial charge in [-0.1, -0.05) is 27.5 Å². The molecule has 2 fully saturated rings. The largest absolute Gasteiger partial charge is 0.314 e. The van der Waals surface area contributed by atoms with Crippen molar-refractivity contribution in [3.8, 4) is 0 Å². The molecule has 5 heteroatoms. The summed E-state index contributed by atoms with van der Waals surface area (Å²) in [6.07, 6.45) is 2.60. The van der Waals surface area contributed by atoms with Crippen molar-refractivity contribution in [3.05, 3.63) is 33.3 Å². The van der Waals surface area contributed by atoms with E-state index in [4.69, 9.17) is 11.6 Å². The van der Waals surface area contributed by atoms with E-state index in [2.05, 4.69) is 32.2 Å². The molecule has 0 saturated carbocycles. The van der Waals surface area contributed by atoms with Gasteiger partial charge in [-0.25, -0.2) is 0 Å². The van der Waals surface area contributed by atoms with Gasteiger partial charge >= 0.3 is 0 Å². The van der Waals surface area contributed by atoms with Crippen LogP contribution in [0.3, 0.4) is 0 Å². The molecule has 1 N–H and O–H groups in total. The number of nitrogens with one attached hydrogen (secondary N) is 1. The molecule has 2 atom stereocenters. The fraction of sp³-hybridized carbons (Fsp3) is 0.571. The molecule has 106 valence electrons. The molecule has 1 aromatic carbocycles. The molecule has 2 unspecified atom stereocenters. The van der Waals surface area contributed by atoms with Gasteiger partial charge in [-0.05, 0) is 55.6 Å². The lowest BCUT2D eigenvalue weighted by Gasteiger charge is -2.35. The molecule has 2 aliphatic rings. The Bertz CT molecular complexity index is 441. The topological polar surface area (TPSA) is 15.3 Å². The number of halogens is 3. The number of benzene rings is 1. The summed E-state index contributed by atoms with van der Waals surface area (Å²) in [5.41, 5.74) is 1.23. The van der Waals surface area contributed by atoms with Crippen LogP contribution in [0.1, 0.15) is 18.4 Å². The van der Waals surface area contributed by atoms with E-state index in [1.54, 1.807) is 0 Å². The Morgan fingerprint density at radius 2 is 2.21 bits per heavy atom. The standard InChI is InChI=1S/C14H18BrClN2.ClH/c15-12-1-2-13(16)11(7-12)9-18-6-4-14-10(8-18)3-5-17-14;/h1-2,7,10,14,17H,3-6,8-9H2;1H. The van der Waals surface area contributed by atoms with Gasteiger partial charge in [-0.3, -0.25) is 4.90 Å². The van der Waals surface area contributed by atoms with Gasteiger partial charge in [0, 0.05) is 28.6 Å². The Morgan fingerprint density at radius 3 is 3.05 bits per heavy atom. The zero-order chi connectivity index (χ0) is 12.5. The number of hydrogen-bond donors (Lipinski definition) is 1. The normalized spacial score (nSPS) is 26.8. The van der Waals surface area contributed by atoms with E-state index in [-0.39, 0.29) is 12.4 Å². The average Bonchev–Trinajstić information content (AvgIpc) is 2.81. The first-order valence-electron chi connectivity index (χ1n) is 6.62. The average molecular weight is 366 g/mol. The summed E-state index contributed by atoms with van der Waals surface area (Å²) in [5, 5.41) is 4.48. The van der Waals surface area contributed by atoms with Crippen LogP contribution in [-0.4, -0.2) is 30.6 Å². The molecule has 3 rings (SSSR count). The monoisotopic (exact) mass is 364 g/mol. The van der Waals surface area contributed by atoms with Gasteiger partial charge in [0.1, 0.15) is 0 Å². The first kappa shape index (κ1) is 15.6. The lowest BCUT2D eigenvalue weighted by molar-refractivity contribution is 0.156. The van der Waals surface area contributed by atoms with Crippen LogP contribution in [-0.2, 0) is 6.54 Å². The maximum Gasteiger partial charge on any atom is 0.0451 e. The lowest BCUT2D eigenvalue weighted by Crippen LogP contribution is -2.43. The fourth-order valence-corrected chi connectivity index (χ4v) is 3.76. The number of piperidine rings is 1. The highest BCUT2D eigenvalue weighted by Crippen LogP contribution is 2.28. The van der Waals surface area contributed by atoms with Crippen LogP contribution < -0.4 is 5.32 Å². The predicted octanol–water partition coefficient (Wildman–Crippen LogP) is 3.71. The predicted molar refractivity (Wildman–Crippen MR) is 86.2 cm³/mol. The minimum absolute atomic E-state index is 0. The summed E-state index contributed by atoms with van der Waals surface area (Å²) in [5.74, 6) is 0.838. The Balaban J connectivity index is 0.00000133. The van der Waals surface area contributed by atoms with Gasteiger partial charge in [0.25, 0.3) is 0 Å². The van der Waals surface area contributed by atoms with Crippen molar-refractivity contribution in [1.82, 2.24) is 10.2 Å². The van der Waals surface area contributed by atoms with Gasteiger partial charge in [-0.15, -0.1) is 12.4 Å². The Kier molecular flexibility index (Phi) is 5.55. The third kappa shape index (κ3) is 3.64. The van der Waals surface area contributed by atoms with Crippen molar-refractivity contribution >= 4 is 39.9 Å². The third-order valence-electron chi connectivity index (χ3n) is 4.14. The number of rotatable bonds is 2. The molecule has 2 saturated heterocycles. The quantitative estimate of drug-likeness (QED) is 0.859. The molecule has 0 radical (unpaired) electrons. The summed E-state index contributed by atoms with van der Waals surface area (Å²) in [6.45, 7) is 4.56. The van der Waals surface area contributed by atoms with Crippen molar-refractivity contribution < 1.29 is 0 Å². The second kappa shape index (κ2) is 6.77. The lowest BCUT2D eigenvalue weighted by atomic mass is 9.93. The molecule has 0 bridgehead atoms. The summed E-state index contributed by atoms with van der Waals surface area (Å²) in [4.78, 5) is 2.54. The van der Waals surface area contributed by atoms with E-state index >= 15 is 0 Å². The van der Waals surface area contributed by atoms with Crippen molar-refractivity contribution in [3.63, 3.8) is 0 Å². The highest BCUT2D eigenvalue weighted by atomic mass is 79.9. The molecular weight excluding hydrogens is 347 g/mol. The van der Waals surface area contributed by atoms with E-state index in [1.165, 1.54) is 38.0 Å². The molecule has 2 aliphatic heterocycles. The highest BCUT2D eigenvalue weighted by molar-refractivity contribution is 9.10. The maximum atomic E-state index is 6.27. The molecule has 1 aromatic rings. The fourth-order valence-electron chi connectivity index (χ4n) is 3.17. The van der Waals surface area contributed by atoms with Crippen molar-refractivity contribution in [2.45, 2.75) is 25.4 Å². The van der Waals surface area contributed by atoms with Crippen LogP contribution >= 0.6 is 39.9 Å². The molecule has 0 spiro atoms. The first-order chi connectivity index (χ1) is 8.72. The van der Waals surface area contributed by atoms with Crippen LogP contribution in [0, 0.1) is 5.92 Å². The summed E-state index contributed by atoms with van der Waals surface area (Å²) < 4.78 is 1.11. The van der Waals surface area contributed by atoms with Crippen molar-refractivity contribution in [2.75, 3.05) is 19.6 Å².